The van der Waals surface area contributed by atoms with E-state index in [1.165, 1.54) is 0 Å². The van der Waals surface area contributed by atoms with Crippen molar-refractivity contribution in [1.82, 2.24) is 4.98 Å². The Morgan fingerprint density at radius 2 is 1.58 bits per heavy atom. The van der Waals surface area contributed by atoms with Gasteiger partial charge in [-0.1, -0.05) is 36.4 Å². The first kappa shape index (κ1) is 19.5. The normalized spacial score (nSPS) is 10.2. The molecule has 2 N–H and O–H groups in total. The van der Waals surface area contributed by atoms with Crippen molar-refractivity contribution in [2.75, 3.05) is 0 Å². The van der Waals surface area contributed by atoms with E-state index in [4.69, 9.17) is 9.79 Å². The molecular weight excluding hydrogens is 283 g/mol. The first-order chi connectivity index (χ1) is 8.04. The average molecular weight is 295 g/mol. The molecule has 0 bridgehead atoms. The van der Waals surface area contributed by atoms with Gasteiger partial charge in [-0.2, -0.15) is 0 Å². The van der Waals surface area contributed by atoms with E-state index >= 15 is 0 Å². The van der Waals surface area contributed by atoms with Gasteiger partial charge in [0.15, 0.2) is 0 Å². The molecule has 0 aliphatic carbocycles. The predicted octanol–water partition coefficient (Wildman–Crippen LogP) is 1.66. The van der Waals surface area contributed by atoms with Gasteiger partial charge in [-0.05, 0) is 11.6 Å². The molecule has 0 aliphatic rings. The Labute approximate surface area is 156 Å². The van der Waals surface area contributed by atoms with Crippen LogP contribution in [0, 0.1) is 0 Å². The SMILES string of the molecule is O=P(O)(O)Cc1ccc(-c2ccccc2)cn1.[Na].[Na]. The molecule has 0 unspecified atom stereocenters. The van der Waals surface area contributed by atoms with Crippen molar-refractivity contribution < 1.29 is 14.4 Å². The van der Waals surface area contributed by atoms with Crippen molar-refractivity contribution in [3.8, 4) is 11.1 Å². The summed E-state index contributed by atoms with van der Waals surface area (Å²) in [5, 5.41) is 0. The number of hydrogen-bond donors (Lipinski definition) is 2. The summed E-state index contributed by atoms with van der Waals surface area (Å²) < 4.78 is 10.8. The quantitative estimate of drug-likeness (QED) is 0.667. The molecule has 0 saturated carbocycles. The van der Waals surface area contributed by atoms with Crippen LogP contribution in [0.4, 0.5) is 0 Å². The molecule has 1 heterocycles. The Bertz CT molecular complexity index is 543. The van der Waals surface area contributed by atoms with Gasteiger partial charge in [-0.25, -0.2) is 0 Å². The predicted molar refractivity (Wildman–Crippen MR) is 76.9 cm³/mol. The number of nitrogens with zero attached hydrogens (tertiary/aromatic N) is 1. The van der Waals surface area contributed by atoms with Gasteiger partial charge in [0.05, 0.1) is 11.9 Å². The molecule has 1 aromatic carbocycles. The van der Waals surface area contributed by atoms with E-state index in [-0.39, 0.29) is 65.3 Å². The molecule has 2 radical (unpaired) electrons. The summed E-state index contributed by atoms with van der Waals surface area (Å²) in [6.45, 7) is 0. The van der Waals surface area contributed by atoms with E-state index < -0.39 is 7.60 Å². The molecule has 2 rings (SSSR count). The molecule has 0 aliphatic heterocycles. The van der Waals surface area contributed by atoms with Crippen LogP contribution in [-0.2, 0) is 10.7 Å². The zero-order valence-electron chi connectivity index (χ0n) is 11.0. The minimum atomic E-state index is -4.04. The molecule has 0 spiro atoms. The van der Waals surface area contributed by atoms with Gasteiger partial charge in [0, 0.05) is 70.9 Å². The number of hydrogen-bond acceptors (Lipinski definition) is 2. The van der Waals surface area contributed by atoms with Gasteiger partial charge in [-0.3, -0.25) is 9.55 Å². The first-order valence-electron chi connectivity index (χ1n) is 5.09. The van der Waals surface area contributed by atoms with Crippen LogP contribution in [0.3, 0.4) is 0 Å². The fourth-order valence-corrected chi connectivity index (χ4v) is 2.14. The van der Waals surface area contributed by atoms with Gasteiger partial charge in [0.2, 0.25) is 0 Å². The van der Waals surface area contributed by atoms with Gasteiger partial charge < -0.3 is 9.79 Å². The molecule has 90 valence electrons. The second-order valence-electron chi connectivity index (χ2n) is 3.73. The largest absolute Gasteiger partial charge is 0.331 e. The van der Waals surface area contributed by atoms with Crippen LogP contribution in [0.15, 0.2) is 48.7 Å². The van der Waals surface area contributed by atoms with Crippen molar-refractivity contribution in [3.63, 3.8) is 0 Å². The summed E-state index contributed by atoms with van der Waals surface area (Å²) in [7, 11) is -4.04. The molecule has 0 amide bonds. The summed E-state index contributed by atoms with van der Waals surface area (Å²) in [6, 6.07) is 13.2. The van der Waals surface area contributed by atoms with Gasteiger partial charge in [0.1, 0.15) is 0 Å². The Balaban J connectivity index is 0.00000162. The molecular formula is C12H12NNa2O3P. The molecule has 1 aromatic heterocycles. The summed E-state index contributed by atoms with van der Waals surface area (Å²) in [4.78, 5) is 21.7. The maximum absolute atomic E-state index is 10.8. The van der Waals surface area contributed by atoms with Crippen molar-refractivity contribution in [2.24, 2.45) is 0 Å². The van der Waals surface area contributed by atoms with E-state index in [2.05, 4.69) is 4.98 Å². The summed E-state index contributed by atoms with van der Waals surface area (Å²) in [5.74, 6) is 0. The Morgan fingerprint density at radius 3 is 2.05 bits per heavy atom. The first-order valence-corrected chi connectivity index (χ1v) is 6.89. The van der Waals surface area contributed by atoms with E-state index in [0.717, 1.165) is 11.1 Å². The van der Waals surface area contributed by atoms with Gasteiger partial charge in [0.25, 0.3) is 0 Å². The number of benzene rings is 1. The van der Waals surface area contributed by atoms with Crippen LogP contribution in [0.2, 0.25) is 0 Å². The second-order valence-corrected chi connectivity index (χ2v) is 5.37. The van der Waals surface area contributed by atoms with Gasteiger partial charge in [-0.15, -0.1) is 0 Å². The summed E-state index contributed by atoms with van der Waals surface area (Å²) >= 11 is 0. The van der Waals surface area contributed by atoms with Crippen LogP contribution in [0.1, 0.15) is 5.69 Å². The molecule has 4 nitrogen and oxygen atoms in total. The third-order valence-corrected chi connectivity index (χ3v) is 3.04. The molecule has 7 heteroatoms. The fraction of sp³-hybridized carbons (Fsp3) is 0.0833. The van der Waals surface area contributed by atoms with Crippen LogP contribution in [-0.4, -0.2) is 73.9 Å². The van der Waals surface area contributed by atoms with Crippen LogP contribution >= 0.6 is 7.60 Å². The van der Waals surface area contributed by atoms with E-state index in [1.54, 1.807) is 12.3 Å². The maximum atomic E-state index is 10.8. The minimum Gasteiger partial charge on any atom is -0.324 e. The van der Waals surface area contributed by atoms with E-state index in [9.17, 15) is 4.57 Å². The number of pyridine rings is 1. The minimum absolute atomic E-state index is 0. The summed E-state index contributed by atoms with van der Waals surface area (Å²) in [6.07, 6.45) is 1.31. The third-order valence-electron chi connectivity index (χ3n) is 2.30. The fourth-order valence-electron chi connectivity index (χ4n) is 1.53. The number of aromatic nitrogens is 1. The third kappa shape index (κ3) is 6.67. The molecule has 0 fully saturated rings. The number of rotatable bonds is 3. The van der Waals surface area contributed by atoms with Crippen molar-refractivity contribution >= 4 is 66.7 Å². The van der Waals surface area contributed by atoms with E-state index in [0.29, 0.717) is 5.69 Å². The topological polar surface area (TPSA) is 70.4 Å². The smallest absolute Gasteiger partial charge is 0.324 e. The summed E-state index contributed by atoms with van der Waals surface area (Å²) in [5.41, 5.74) is 2.36. The zero-order chi connectivity index (χ0) is 12.3. The molecule has 19 heavy (non-hydrogen) atoms. The van der Waals surface area contributed by atoms with Crippen LogP contribution in [0.25, 0.3) is 11.1 Å². The molecule has 0 saturated heterocycles. The Kier molecular flexibility index (Phi) is 8.97. The zero-order valence-corrected chi connectivity index (χ0v) is 15.9. The van der Waals surface area contributed by atoms with E-state index in [1.807, 2.05) is 36.4 Å². The molecule has 0 atom stereocenters. The second kappa shape index (κ2) is 8.73. The maximum Gasteiger partial charge on any atom is 0.331 e. The molecule has 2 aromatic rings. The van der Waals surface area contributed by atoms with Crippen LogP contribution in [0.5, 0.6) is 0 Å². The van der Waals surface area contributed by atoms with Gasteiger partial charge >= 0.3 is 7.60 Å². The monoisotopic (exact) mass is 295 g/mol. The Morgan fingerprint density at radius 1 is 0.947 bits per heavy atom. The average Bonchev–Trinajstić information content (AvgIpc) is 2.29. The standard InChI is InChI=1S/C12H12NO3P.2Na/c14-17(15,16)9-12-7-6-11(8-13-12)10-4-2-1-3-5-10;;/h1-8H,9H2,(H2,14,15,16);;. The Hall–Kier alpha value is 0.520. The van der Waals surface area contributed by atoms with Crippen LogP contribution < -0.4 is 0 Å². The van der Waals surface area contributed by atoms with Crippen molar-refractivity contribution in [3.05, 3.63) is 54.4 Å². The van der Waals surface area contributed by atoms with Crippen molar-refractivity contribution in [2.45, 2.75) is 6.16 Å². The van der Waals surface area contributed by atoms with Crippen molar-refractivity contribution in [1.29, 1.82) is 0 Å².